The van der Waals surface area contributed by atoms with E-state index in [-0.39, 0.29) is 11.7 Å². The molecule has 1 aliphatic heterocycles. The van der Waals surface area contributed by atoms with Gasteiger partial charge in [0, 0.05) is 32.7 Å². The fraction of sp³-hybridized carbons (Fsp3) is 0.562. The molecule has 0 radical (unpaired) electrons. The molecule has 1 aliphatic carbocycles. The van der Waals surface area contributed by atoms with Crippen LogP contribution in [0.25, 0.3) is 0 Å². The third-order valence-electron chi connectivity index (χ3n) is 4.31. The summed E-state index contributed by atoms with van der Waals surface area (Å²) < 4.78 is 5.13. The predicted octanol–water partition coefficient (Wildman–Crippen LogP) is 1.57. The van der Waals surface area contributed by atoms with Crippen molar-refractivity contribution in [1.29, 1.82) is 0 Å². The van der Waals surface area contributed by atoms with Gasteiger partial charge in [0.2, 0.25) is 0 Å². The molecule has 0 unspecified atom stereocenters. The van der Waals surface area contributed by atoms with E-state index in [9.17, 15) is 9.90 Å². The van der Waals surface area contributed by atoms with E-state index in [1.165, 1.54) is 25.5 Å². The largest absolute Gasteiger partial charge is 0.507 e. The van der Waals surface area contributed by atoms with E-state index in [2.05, 4.69) is 4.90 Å². The lowest BCUT2D eigenvalue weighted by molar-refractivity contribution is 0.0629. The van der Waals surface area contributed by atoms with E-state index in [1.807, 2.05) is 4.90 Å². The van der Waals surface area contributed by atoms with Crippen molar-refractivity contribution < 1.29 is 14.6 Å². The van der Waals surface area contributed by atoms with Crippen molar-refractivity contribution in [1.82, 2.24) is 9.80 Å². The topological polar surface area (TPSA) is 53.0 Å². The average molecular weight is 290 g/mol. The van der Waals surface area contributed by atoms with Gasteiger partial charge >= 0.3 is 0 Å². The van der Waals surface area contributed by atoms with Gasteiger partial charge in [0.25, 0.3) is 5.91 Å². The summed E-state index contributed by atoms with van der Waals surface area (Å²) in [5, 5.41) is 9.90. The molecule has 1 saturated carbocycles. The number of carbonyl (C=O) groups excluding carboxylic acids is 1. The zero-order valence-corrected chi connectivity index (χ0v) is 12.4. The van der Waals surface area contributed by atoms with Gasteiger partial charge in [0.15, 0.2) is 0 Å². The molecule has 0 atom stereocenters. The molecule has 1 N–H and O–H groups in total. The minimum Gasteiger partial charge on any atom is -0.507 e. The smallest absolute Gasteiger partial charge is 0.257 e. The van der Waals surface area contributed by atoms with Crippen molar-refractivity contribution in [3.8, 4) is 11.5 Å². The molecule has 1 aromatic rings. The first-order valence-corrected chi connectivity index (χ1v) is 7.56. The summed E-state index contributed by atoms with van der Waals surface area (Å²) in [6.45, 7) is 4.47. The Kier molecular flexibility index (Phi) is 4.01. The highest BCUT2D eigenvalue weighted by molar-refractivity contribution is 5.97. The molecule has 1 amide bonds. The van der Waals surface area contributed by atoms with E-state index in [4.69, 9.17) is 4.74 Å². The van der Waals surface area contributed by atoms with Crippen LogP contribution in [0.2, 0.25) is 0 Å². The second kappa shape index (κ2) is 5.93. The van der Waals surface area contributed by atoms with Gasteiger partial charge in [0.1, 0.15) is 11.5 Å². The number of piperazine rings is 1. The monoisotopic (exact) mass is 290 g/mol. The molecule has 1 saturated heterocycles. The summed E-state index contributed by atoms with van der Waals surface area (Å²) in [7, 11) is 1.55. The van der Waals surface area contributed by atoms with Gasteiger partial charge in [-0.25, -0.2) is 0 Å². The number of hydrogen-bond acceptors (Lipinski definition) is 4. The third-order valence-corrected chi connectivity index (χ3v) is 4.31. The van der Waals surface area contributed by atoms with Gasteiger partial charge in [-0.2, -0.15) is 0 Å². The number of ether oxygens (including phenoxy) is 1. The summed E-state index contributed by atoms with van der Waals surface area (Å²) in [4.78, 5) is 16.8. The molecule has 114 valence electrons. The van der Waals surface area contributed by atoms with Crippen molar-refractivity contribution in [2.45, 2.75) is 12.8 Å². The molecule has 21 heavy (non-hydrogen) atoms. The molecule has 2 aliphatic rings. The zero-order chi connectivity index (χ0) is 14.8. The first kappa shape index (κ1) is 14.2. The van der Waals surface area contributed by atoms with Gasteiger partial charge in [0.05, 0.1) is 12.7 Å². The Bertz CT molecular complexity index is 520. The second-order valence-corrected chi connectivity index (χ2v) is 5.92. The highest BCUT2D eigenvalue weighted by atomic mass is 16.5. The predicted molar refractivity (Wildman–Crippen MR) is 79.7 cm³/mol. The van der Waals surface area contributed by atoms with Gasteiger partial charge in [-0.1, -0.05) is 0 Å². The Morgan fingerprint density at radius 2 is 2.00 bits per heavy atom. The highest BCUT2D eigenvalue weighted by Crippen LogP contribution is 2.30. The summed E-state index contributed by atoms with van der Waals surface area (Å²) in [6.07, 6.45) is 2.72. The minimum absolute atomic E-state index is 0.0150. The molecule has 5 nitrogen and oxygen atoms in total. The molecule has 1 aromatic carbocycles. The molecule has 5 heteroatoms. The molecule has 0 aromatic heterocycles. The number of aromatic hydroxyl groups is 1. The number of methoxy groups -OCH3 is 1. The number of hydrogen-bond donors (Lipinski definition) is 1. The maximum absolute atomic E-state index is 12.5. The van der Waals surface area contributed by atoms with Crippen LogP contribution in [0.1, 0.15) is 23.2 Å². The second-order valence-electron chi connectivity index (χ2n) is 5.92. The van der Waals surface area contributed by atoms with Crippen LogP contribution in [0.4, 0.5) is 0 Å². The molecular weight excluding hydrogens is 268 g/mol. The number of amides is 1. The fourth-order valence-electron chi connectivity index (χ4n) is 2.78. The van der Waals surface area contributed by atoms with Crippen LogP contribution < -0.4 is 4.74 Å². The van der Waals surface area contributed by atoms with E-state index < -0.39 is 0 Å². The lowest BCUT2D eigenvalue weighted by Gasteiger charge is -2.34. The van der Waals surface area contributed by atoms with Crippen LogP contribution in [0.5, 0.6) is 11.5 Å². The van der Waals surface area contributed by atoms with Crippen LogP contribution in [-0.4, -0.2) is 60.6 Å². The number of phenols is 1. The van der Waals surface area contributed by atoms with Gasteiger partial charge in [-0.05, 0) is 37.0 Å². The van der Waals surface area contributed by atoms with Gasteiger partial charge < -0.3 is 14.7 Å². The standard InChI is InChI=1S/C16H22N2O3/c1-21-13-4-5-15(19)14(10-13)16(20)18-8-6-17(7-9-18)11-12-2-3-12/h4-5,10,12,19H,2-3,6-9,11H2,1H3. The first-order valence-electron chi connectivity index (χ1n) is 7.56. The number of benzene rings is 1. The van der Waals surface area contributed by atoms with Crippen molar-refractivity contribution >= 4 is 5.91 Å². The Labute approximate surface area is 125 Å². The summed E-state index contributed by atoms with van der Waals surface area (Å²) in [6, 6.07) is 4.77. The van der Waals surface area contributed by atoms with Crippen molar-refractivity contribution in [2.24, 2.45) is 5.92 Å². The molecule has 1 heterocycles. The summed E-state index contributed by atoms with van der Waals surface area (Å²) in [5.74, 6) is 1.37. The lowest BCUT2D eigenvalue weighted by atomic mass is 10.1. The fourth-order valence-corrected chi connectivity index (χ4v) is 2.78. The van der Waals surface area contributed by atoms with Crippen LogP contribution in [0.15, 0.2) is 18.2 Å². The van der Waals surface area contributed by atoms with Crippen LogP contribution in [0, 0.1) is 5.92 Å². The van der Waals surface area contributed by atoms with Crippen LogP contribution >= 0.6 is 0 Å². The van der Waals surface area contributed by atoms with Crippen LogP contribution in [-0.2, 0) is 0 Å². The number of carbonyl (C=O) groups is 1. The molecule has 3 rings (SSSR count). The van der Waals surface area contributed by atoms with E-state index in [1.54, 1.807) is 19.2 Å². The normalized spacial score (nSPS) is 19.6. The SMILES string of the molecule is COc1ccc(O)c(C(=O)N2CCN(CC3CC3)CC2)c1. The Balaban J connectivity index is 1.63. The molecule has 2 fully saturated rings. The van der Waals surface area contributed by atoms with Gasteiger partial charge in [-0.15, -0.1) is 0 Å². The summed E-state index contributed by atoms with van der Waals surface area (Å²) in [5.41, 5.74) is 0.324. The van der Waals surface area contributed by atoms with E-state index in [0.717, 1.165) is 32.1 Å². The van der Waals surface area contributed by atoms with E-state index >= 15 is 0 Å². The quantitative estimate of drug-likeness (QED) is 0.914. The number of rotatable bonds is 4. The molecule has 0 bridgehead atoms. The maximum atomic E-state index is 12.5. The lowest BCUT2D eigenvalue weighted by Crippen LogP contribution is -2.49. The van der Waals surface area contributed by atoms with E-state index in [0.29, 0.717) is 11.3 Å². The van der Waals surface area contributed by atoms with Crippen LogP contribution in [0.3, 0.4) is 0 Å². The summed E-state index contributed by atoms with van der Waals surface area (Å²) >= 11 is 0. The molecule has 0 spiro atoms. The van der Waals surface area contributed by atoms with Gasteiger partial charge in [-0.3, -0.25) is 9.69 Å². The zero-order valence-electron chi connectivity index (χ0n) is 12.4. The molecular formula is C16H22N2O3. The van der Waals surface area contributed by atoms with Crippen molar-refractivity contribution in [3.05, 3.63) is 23.8 Å². The van der Waals surface area contributed by atoms with Crippen molar-refractivity contribution in [3.63, 3.8) is 0 Å². The Morgan fingerprint density at radius 3 is 2.62 bits per heavy atom. The first-order chi connectivity index (χ1) is 10.2. The Hall–Kier alpha value is -1.75. The Morgan fingerprint density at radius 1 is 1.29 bits per heavy atom. The highest BCUT2D eigenvalue weighted by Gasteiger charge is 2.28. The number of phenolic OH excluding ortho intramolecular Hbond substituents is 1. The average Bonchev–Trinajstić information content (AvgIpc) is 3.32. The van der Waals surface area contributed by atoms with Crippen molar-refractivity contribution in [2.75, 3.05) is 39.8 Å². The third kappa shape index (κ3) is 3.29. The number of nitrogens with zero attached hydrogens (tertiary/aromatic N) is 2. The maximum Gasteiger partial charge on any atom is 0.257 e. The minimum atomic E-state index is -0.113.